The Balaban J connectivity index is 3.64. The first kappa shape index (κ1) is 11.2. The summed E-state index contributed by atoms with van der Waals surface area (Å²) < 4.78 is 4.87. The number of hydrogen-bond donors (Lipinski definition) is 1. The second kappa shape index (κ2) is 5.77. The summed E-state index contributed by atoms with van der Waals surface area (Å²) >= 11 is 0. The molecule has 3 nitrogen and oxygen atoms in total. The van der Waals surface area contributed by atoms with E-state index >= 15 is 0 Å². The summed E-state index contributed by atoms with van der Waals surface area (Å²) in [5.74, 6) is -0.201. The highest BCUT2D eigenvalue weighted by molar-refractivity contribution is 5.75. The van der Waals surface area contributed by atoms with Crippen molar-refractivity contribution >= 4 is 5.97 Å². The number of hydrogen-bond acceptors (Lipinski definition) is 3. The summed E-state index contributed by atoms with van der Waals surface area (Å²) in [7, 11) is 0. The Morgan fingerprint density at radius 3 is 2.67 bits per heavy atom. The minimum absolute atomic E-state index is 0.126. The molecule has 1 unspecified atom stereocenters. The van der Waals surface area contributed by atoms with Crippen molar-refractivity contribution in [1.29, 1.82) is 0 Å². The topological polar surface area (TPSA) is 52.3 Å². The summed E-state index contributed by atoms with van der Waals surface area (Å²) in [5.41, 5.74) is 5.54. The van der Waals surface area contributed by atoms with E-state index in [2.05, 4.69) is 6.58 Å². The van der Waals surface area contributed by atoms with Gasteiger partial charge in [-0.2, -0.15) is 0 Å². The van der Waals surface area contributed by atoms with Gasteiger partial charge in [0.15, 0.2) is 0 Å². The smallest absolute Gasteiger partial charge is 0.323 e. The largest absolute Gasteiger partial charge is 0.464 e. The number of nitrogens with two attached hydrogens (primary N) is 1. The lowest BCUT2D eigenvalue weighted by atomic mass is 10.1. The number of carbonyl (C=O) groups is 1. The Morgan fingerprint density at radius 2 is 2.25 bits per heavy atom. The van der Waals surface area contributed by atoms with Gasteiger partial charge < -0.3 is 10.5 Å². The normalized spacial score (nSPS) is 12.7. The van der Waals surface area contributed by atoms with Crippen LogP contribution in [0.25, 0.3) is 0 Å². The Morgan fingerprint density at radius 1 is 1.67 bits per heavy atom. The van der Waals surface area contributed by atoms with Gasteiger partial charge in [0, 0.05) is 0 Å². The lowest BCUT2D eigenvalue weighted by Gasteiger charge is -2.13. The molecule has 0 aliphatic heterocycles. The van der Waals surface area contributed by atoms with Gasteiger partial charge in [0.2, 0.25) is 0 Å². The molecule has 1 atom stereocenters. The maximum absolute atomic E-state index is 11.1. The van der Waals surface area contributed by atoms with Crippen molar-refractivity contribution < 1.29 is 9.53 Å². The molecule has 0 saturated heterocycles. The molecular formula is C9H17NO2. The maximum Gasteiger partial charge on any atom is 0.323 e. The van der Waals surface area contributed by atoms with Gasteiger partial charge in [-0.25, -0.2) is 0 Å². The second-order valence-corrected chi connectivity index (χ2v) is 3.01. The van der Waals surface area contributed by atoms with Crippen LogP contribution in [0.3, 0.4) is 0 Å². The van der Waals surface area contributed by atoms with E-state index in [1.165, 1.54) is 0 Å². The summed E-state index contributed by atoms with van der Waals surface area (Å²) in [5, 5.41) is 0. The molecular weight excluding hydrogens is 154 g/mol. The number of esters is 1. The zero-order valence-corrected chi connectivity index (χ0v) is 7.75. The monoisotopic (exact) mass is 171 g/mol. The summed E-state index contributed by atoms with van der Waals surface area (Å²) in [6, 6.07) is -0.505. The van der Waals surface area contributed by atoms with Crippen LogP contribution in [0.1, 0.15) is 20.3 Å². The number of carbonyl (C=O) groups excluding carboxylic acids is 1. The quantitative estimate of drug-likeness (QED) is 0.382. The van der Waals surface area contributed by atoms with Crippen LogP contribution in [0.15, 0.2) is 12.7 Å². The third-order valence-electron chi connectivity index (χ3n) is 1.56. The Hall–Kier alpha value is -0.830. The van der Waals surface area contributed by atoms with E-state index in [-0.39, 0.29) is 11.9 Å². The molecule has 70 valence electrons. The highest BCUT2D eigenvalue weighted by Crippen LogP contribution is 2.00. The van der Waals surface area contributed by atoms with Crippen molar-refractivity contribution in [3.8, 4) is 0 Å². The van der Waals surface area contributed by atoms with Gasteiger partial charge in [-0.05, 0) is 12.3 Å². The summed E-state index contributed by atoms with van der Waals surface area (Å²) in [6.07, 6.45) is 2.38. The van der Waals surface area contributed by atoms with Crippen molar-refractivity contribution in [2.45, 2.75) is 26.3 Å². The molecule has 0 aliphatic carbocycles. The zero-order valence-electron chi connectivity index (χ0n) is 7.75. The first-order chi connectivity index (χ1) is 5.59. The highest BCUT2D eigenvalue weighted by Gasteiger charge is 2.17. The number of ether oxygens (including phenoxy) is 1. The average Bonchev–Trinajstić information content (AvgIpc) is 2.03. The lowest BCUT2D eigenvalue weighted by molar-refractivity contribution is -0.146. The fraction of sp³-hybridized carbons (Fsp3) is 0.667. The summed E-state index contributed by atoms with van der Waals surface area (Å²) in [4.78, 5) is 11.1. The molecule has 0 aromatic rings. The van der Waals surface area contributed by atoms with Gasteiger partial charge in [-0.3, -0.25) is 4.79 Å². The van der Waals surface area contributed by atoms with E-state index in [1.807, 2.05) is 13.8 Å². The van der Waals surface area contributed by atoms with Crippen molar-refractivity contribution in [2.75, 3.05) is 6.61 Å². The molecule has 12 heavy (non-hydrogen) atoms. The van der Waals surface area contributed by atoms with E-state index < -0.39 is 6.04 Å². The molecule has 0 bridgehead atoms. The third-order valence-corrected chi connectivity index (χ3v) is 1.56. The molecule has 2 N–H and O–H groups in total. The molecule has 0 rings (SSSR count). The van der Waals surface area contributed by atoms with Crippen LogP contribution in [0.4, 0.5) is 0 Å². The lowest BCUT2D eigenvalue weighted by Crippen LogP contribution is -2.37. The third kappa shape index (κ3) is 4.13. The van der Waals surface area contributed by atoms with Gasteiger partial charge in [0.25, 0.3) is 0 Å². The Labute approximate surface area is 73.6 Å². The first-order valence-corrected chi connectivity index (χ1v) is 4.12. The van der Waals surface area contributed by atoms with E-state index in [0.717, 1.165) is 0 Å². The molecule has 0 aliphatic rings. The highest BCUT2D eigenvalue weighted by atomic mass is 16.5. The minimum Gasteiger partial charge on any atom is -0.464 e. The molecule has 0 spiro atoms. The van der Waals surface area contributed by atoms with E-state index in [9.17, 15) is 4.79 Å². The summed E-state index contributed by atoms with van der Waals surface area (Å²) in [6.45, 7) is 7.67. The van der Waals surface area contributed by atoms with Gasteiger partial charge in [0.1, 0.15) is 6.04 Å². The van der Waals surface area contributed by atoms with Crippen LogP contribution in [-0.2, 0) is 9.53 Å². The average molecular weight is 171 g/mol. The Kier molecular flexibility index (Phi) is 5.37. The standard InChI is InChI=1S/C9H17NO2/c1-4-5-6-12-9(11)8(10)7(2)3/h4,7-8H,1,5-6,10H2,2-3H3. The van der Waals surface area contributed by atoms with E-state index in [4.69, 9.17) is 10.5 Å². The van der Waals surface area contributed by atoms with Crippen LogP contribution < -0.4 is 5.73 Å². The Bertz CT molecular complexity index is 155. The van der Waals surface area contributed by atoms with Crippen LogP contribution in [0, 0.1) is 5.92 Å². The van der Waals surface area contributed by atoms with E-state index in [1.54, 1.807) is 6.08 Å². The second-order valence-electron chi connectivity index (χ2n) is 3.01. The van der Waals surface area contributed by atoms with Gasteiger partial charge >= 0.3 is 5.97 Å². The minimum atomic E-state index is -0.505. The molecule has 0 heterocycles. The van der Waals surface area contributed by atoms with E-state index in [0.29, 0.717) is 13.0 Å². The fourth-order valence-corrected chi connectivity index (χ4v) is 0.611. The van der Waals surface area contributed by atoms with Crippen molar-refractivity contribution in [3.05, 3.63) is 12.7 Å². The molecule has 0 saturated carbocycles. The van der Waals surface area contributed by atoms with Crippen LogP contribution >= 0.6 is 0 Å². The fourth-order valence-electron chi connectivity index (χ4n) is 0.611. The molecule has 0 aromatic carbocycles. The first-order valence-electron chi connectivity index (χ1n) is 4.12. The van der Waals surface area contributed by atoms with Gasteiger partial charge in [-0.15, -0.1) is 6.58 Å². The van der Waals surface area contributed by atoms with Crippen LogP contribution in [-0.4, -0.2) is 18.6 Å². The van der Waals surface area contributed by atoms with Gasteiger partial charge in [0.05, 0.1) is 6.61 Å². The molecule has 0 radical (unpaired) electrons. The van der Waals surface area contributed by atoms with Crippen molar-refractivity contribution in [2.24, 2.45) is 11.7 Å². The predicted octanol–water partition coefficient (Wildman–Crippen LogP) is 1.09. The maximum atomic E-state index is 11.1. The van der Waals surface area contributed by atoms with Crippen LogP contribution in [0.5, 0.6) is 0 Å². The van der Waals surface area contributed by atoms with Crippen molar-refractivity contribution in [1.82, 2.24) is 0 Å². The molecule has 0 amide bonds. The number of rotatable bonds is 5. The molecule has 0 fully saturated rings. The predicted molar refractivity (Wildman–Crippen MR) is 48.6 cm³/mol. The zero-order chi connectivity index (χ0) is 9.56. The SMILES string of the molecule is C=CCCOC(=O)C(N)C(C)C. The van der Waals surface area contributed by atoms with Crippen molar-refractivity contribution in [3.63, 3.8) is 0 Å². The molecule has 3 heteroatoms. The van der Waals surface area contributed by atoms with Gasteiger partial charge in [-0.1, -0.05) is 19.9 Å². The van der Waals surface area contributed by atoms with Crippen LogP contribution in [0.2, 0.25) is 0 Å². The molecule has 0 aromatic heterocycles.